The fraction of sp³-hybridized carbons (Fsp3) is 0.259. The third-order valence-corrected chi connectivity index (χ3v) is 7.30. The second kappa shape index (κ2) is 11.9. The second-order valence-electron chi connectivity index (χ2n) is 9.89. The number of nitrogens with zero attached hydrogens (tertiary/aromatic N) is 6. The van der Waals surface area contributed by atoms with Crippen molar-refractivity contribution in [3.63, 3.8) is 0 Å². The largest absolute Gasteiger partial charge is 0.447 e. The molecule has 230 valence electrons. The molecule has 2 aliphatic rings. The number of benzene rings is 2. The molecule has 2 amide bonds. The van der Waals surface area contributed by atoms with E-state index >= 15 is 0 Å². The smallest absolute Gasteiger partial charge is 0.410 e. The average molecular weight is 634 g/mol. The molecule has 0 saturated carbocycles. The van der Waals surface area contributed by atoms with Crippen molar-refractivity contribution in [1.82, 2.24) is 19.6 Å². The van der Waals surface area contributed by atoms with E-state index in [0.717, 1.165) is 16.1 Å². The molecular weight excluding hydrogens is 610 g/mol. The molecule has 44 heavy (non-hydrogen) atoms. The van der Waals surface area contributed by atoms with E-state index in [0.29, 0.717) is 26.9 Å². The molecule has 17 heteroatoms. The molecule has 2 aromatic carbocycles. The Balaban J connectivity index is 1.42. The summed E-state index contributed by atoms with van der Waals surface area (Å²) in [5, 5.41) is 11.0. The number of alkyl halides is 4. The van der Waals surface area contributed by atoms with Crippen molar-refractivity contribution in [1.29, 1.82) is 5.41 Å². The summed E-state index contributed by atoms with van der Waals surface area (Å²) in [6.07, 6.45) is 2.18. The number of rotatable bonds is 9. The summed E-state index contributed by atoms with van der Waals surface area (Å²) in [5.74, 6) is -3.91. The summed E-state index contributed by atoms with van der Waals surface area (Å²) < 4.78 is 58.3. The molecule has 0 aliphatic carbocycles. The Morgan fingerprint density at radius 1 is 1.20 bits per heavy atom. The molecule has 3 aromatic rings. The molecule has 2 unspecified atom stereocenters. The lowest BCUT2D eigenvalue weighted by Gasteiger charge is -2.38. The van der Waals surface area contributed by atoms with E-state index in [9.17, 15) is 27.2 Å². The van der Waals surface area contributed by atoms with Gasteiger partial charge >= 0.3 is 12.6 Å². The number of likely N-dealkylation sites (tertiary alicyclic amines) is 1. The summed E-state index contributed by atoms with van der Waals surface area (Å²) in [6, 6.07) is 8.68. The number of hydrogen-bond donors (Lipinski definition) is 3. The lowest BCUT2D eigenvalue weighted by atomic mass is 10.00. The third-order valence-electron chi connectivity index (χ3n) is 6.97. The Labute approximate surface area is 252 Å². The number of aliphatic imine (C=N–C) groups is 2. The van der Waals surface area contributed by atoms with E-state index in [1.807, 2.05) is 0 Å². The molecule has 1 saturated heterocycles. The zero-order valence-corrected chi connectivity index (χ0v) is 23.3. The van der Waals surface area contributed by atoms with E-state index in [2.05, 4.69) is 15.1 Å². The Hall–Kier alpha value is -4.99. The fourth-order valence-electron chi connectivity index (χ4n) is 4.76. The van der Waals surface area contributed by atoms with Gasteiger partial charge in [-0.15, -0.1) is 0 Å². The van der Waals surface area contributed by atoms with Crippen LogP contribution in [0.15, 0.2) is 64.8 Å². The number of hydrogen-bond acceptors (Lipinski definition) is 7. The predicted molar refractivity (Wildman–Crippen MR) is 152 cm³/mol. The van der Waals surface area contributed by atoms with Crippen LogP contribution in [0.2, 0.25) is 5.02 Å². The summed E-state index contributed by atoms with van der Waals surface area (Å²) in [7, 11) is 0. The van der Waals surface area contributed by atoms with E-state index in [4.69, 9.17) is 33.2 Å². The van der Waals surface area contributed by atoms with E-state index in [1.165, 1.54) is 30.6 Å². The number of ether oxygens (including phenoxy) is 1. The van der Waals surface area contributed by atoms with Crippen LogP contribution in [0.1, 0.15) is 35.3 Å². The summed E-state index contributed by atoms with van der Waals surface area (Å²) in [5.41, 5.74) is 14.2. The van der Waals surface area contributed by atoms with Gasteiger partial charge in [-0.1, -0.05) is 41.9 Å². The molecular formula is C27H24ClF4N9O3. The Morgan fingerprint density at radius 3 is 2.52 bits per heavy atom. The van der Waals surface area contributed by atoms with Gasteiger partial charge in [0.2, 0.25) is 0 Å². The third kappa shape index (κ3) is 6.06. The highest BCUT2D eigenvalue weighted by molar-refractivity contribution is 6.34. The maximum atomic E-state index is 13.8. The standard InChI is InChI=1S/C27H24ClF4N9O3/c28-19-6-5-16(7-18(19)22(34)36-13-33)20(10-44-26(43)39-11-27(31,32)12-39)41-23(42)21(38-25(41)35)15-3-1-14(2-4-15)17-8-37-40(9-17)24(29)30/h1-9,13,20-21,24H,10-12H2,(H2,35,38)(H3,33,34,36). The maximum absolute atomic E-state index is 13.8. The normalized spacial score (nSPS) is 18.7. The Bertz CT molecular complexity index is 1650. The van der Waals surface area contributed by atoms with Crippen LogP contribution in [0.3, 0.4) is 0 Å². The van der Waals surface area contributed by atoms with Gasteiger partial charge in [0.15, 0.2) is 12.0 Å². The van der Waals surface area contributed by atoms with Crippen LogP contribution < -0.4 is 11.5 Å². The molecule has 12 nitrogen and oxygen atoms in total. The minimum Gasteiger partial charge on any atom is -0.447 e. The van der Waals surface area contributed by atoms with Gasteiger partial charge in [-0.3, -0.25) is 20.0 Å². The predicted octanol–water partition coefficient (Wildman–Crippen LogP) is 3.94. The van der Waals surface area contributed by atoms with Crippen molar-refractivity contribution in [2.75, 3.05) is 19.7 Å². The lowest BCUT2D eigenvalue weighted by molar-refractivity contribution is -0.131. The molecule has 0 bridgehead atoms. The molecule has 1 aromatic heterocycles. The quantitative estimate of drug-likeness (QED) is 0.183. The summed E-state index contributed by atoms with van der Waals surface area (Å²) in [6.45, 7) is -4.89. The highest BCUT2D eigenvalue weighted by Gasteiger charge is 2.47. The zero-order valence-electron chi connectivity index (χ0n) is 22.6. The van der Waals surface area contributed by atoms with E-state index < -0.39 is 56.3 Å². The number of carbonyl (C=O) groups is 2. The monoisotopic (exact) mass is 633 g/mol. The van der Waals surface area contributed by atoms with Crippen molar-refractivity contribution in [3.05, 3.63) is 76.6 Å². The van der Waals surface area contributed by atoms with Crippen LogP contribution in [0.25, 0.3) is 11.1 Å². The molecule has 2 aliphatic heterocycles. The van der Waals surface area contributed by atoms with Gasteiger partial charge in [0.1, 0.15) is 18.8 Å². The van der Waals surface area contributed by atoms with Crippen molar-refractivity contribution < 1.29 is 31.9 Å². The van der Waals surface area contributed by atoms with Crippen LogP contribution in [0.4, 0.5) is 22.4 Å². The number of nitrogens with one attached hydrogen (secondary N) is 1. The number of carbonyl (C=O) groups excluding carboxylic acids is 2. The van der Waals surface area contributed by atoms with E-state index in [1.54, 1.807) is 24.3 Å². The number of aromatic nitrogens is 2. The molecule has 3 heterocycles. The van der Waals surface area contributed by atoms with Crippen LogP contribution in [0.5, 0.6) is 0 Å². The average Bonchev–Trinajstić information content (AvgIpc) is 3.58. The van der Waals surface area contributed by atoms with Crippen LogP contribution >= 0.6 is 11.6 Å². The molecule has 1 fully saturated rings. The lowest BCUT2D eigenvalue weighted by Crippen LogP contribution is -2.58. The maximum Gasteiger partial charge on any atom is 0.410 e. The molecule has 2 atom stereocenters. The van der Waals surface area contributed by atoms with Gasteiger partial charge in [0.05, 0.1) is 30.4 Å². The van der Waals surface area contributed by atoms with Gasteiger partial charge in [-0.25, -0.2) is 28.2 Å². The van der Waals surface area contributed by atoms with Crippen LogP contribution in [0, 0.1) is 5.41 Å². The number of guanidine groups is 1. The second-order valence-corrected chi connectivity index (χ2v) is 10.3. The van der Waals surface area contributed by atoms with Gasteiger partial charge in [0.25, 0.3) is 11.8 Å². The number of nitrogens with two attached hydrogens (primary N) is 2. The summed E-state index contributed by atoms with van der Waals surface area (Å²) >= 11 is 6.28. The van der Waals surface area contributed by atoms with Crippen molar-refractivity contribution in [2.45, 2.75) is 24.6 Å². The van der Waals surface area contributed by atoms with Crippen molar-refractivity contribution in [2.24, 2.45) is 21.5 Å². The van der Waals surface area contributed by atoms with Crippen LogP contribution in [-0.2, 0) is 9.53 Å². The van der Waals surface area contributed by atoms with Crippen molar-refractivity contribution in [3.8, 4) is 11.1 Å². The van der Waals surface area contributed by atoms with Gasteiger partial charge in [-0.05, 0) is 28.8 Å². The number of amidine groups is 1. The first-order chi connectivity index (χ1) is 20.9. The molecule has 5 rings (SSSR count). The van der Waals surface area contributed by atoms with Gasteiger partial charge in [-0.2, -0.15) is 13.9 Å². The Morgan fingerprint density at radius 2 is 1.91 bits per heavy atom. The minimum absolute atomic E-state index is 0.100. The first kappa shape index (κ1) is 30.5. The number of halogens is 5. The topological polar surface area (TPSA) is 168 Å². The zero-order chi connectivity index (χ0) is 31.8. The highest BCUT2D eigenvalue weighted by atomic mass is 35.5. The first-order valence-corrected chi connectivity index (χ1v) is 13.3. The molecule has 0 spiro atoms. The minimum atomic E-state index is -3.01. The number of amides is 2. The van der Waals surface area contributed by atoms with Gasteiger partial charge < -0.3 is 16.2 Å². The fourth-order valence-corrected chi connectivity index (χ4v) is 4.98. The van der Waals surface area contributed by atoms with Crippen LogP contribution in [-0.4, -0.2) is 75.3 Å². The van der Waals surface area contributed by atoms with Gasteiger partial charge in [0, 0.05) is 17.3 Å². The van der Waals surface area contributed by atoms with Crippen molar-refractivity contribution >= 4 is 41.7 Å². The Kier molecular flexibility index (Phi) is 8.27. The first-order valence-electron chi connectivity index (χ1n) is 12.9. The summed E-state index contributed by atoms with van der Waals surface area (Å²) in [4.78, 5) is 36.2. The van der Waals surface area contributed by atoms with E-state index in [-0.39, 0.29) is 22.4 Å². The molecule has 5 N–H and O–H groups in total. The SMILES string of the molecule is N=CN=C(N)c1cc(C(COC(=O)N2CC(F)(F)C2)N2C(=O)C(c3ccc(-c4cnn(C(F)F)c4)cc3)N=C2N)ccc1Cl. The molecule has 0 radical (unpaired) electrons. The highest BCUT2D eigenvalue weighted by Crippen LogP contribution is 2.35.